The number of likely N-dealkylation sites (N-methyl/N-ethyl adjacent to an activating group) is 1. The van der Waals surface area contributed by atoms with E-state index in [1.54, 1.807) is 11.3 Å². The van der Waals surface area contributed by atoms with Crippen LogP contribution in [0.3, 0.4) is 0 Å². The van der Waals surface area contributed by atoms with Crippen LogP contribution in [0.4, 0.5) is 0 Å². The van der Waals surface area contributed by atoms with Gasteiger partial charge in [-0.25, -0.2) is 0 Å². The van der Waals surface area contributed by atoms with Crippen molar-refractivity contribution >= 4 is 27.3 Å². The standard InChI is InChI=1S/C12H18BrN3S/c1-8(6-14)7-16(3)12(9(2)15)10-4-5-11(13)17-10/h4-5,8-9,12H,7,15H2,1-3H3. The van der Waals surface area contributed by atoms with Gasteiger partial charge in [0, 0.05) is 17.5 Å². The molecule has 0 aliphatic carbocycles. The molecule has 0 bridgehead atoms. The summed E-state index contributed by atoms with van der Waals surface area (Å²) in [5, 5.41) is 8.87. The largest absolute Gasteiger partial charge is 0.326 e. The molecule has 1 aromatic heterocycles. The van der Waals surface area contributed by atoms with E-state index in [0.717, 1.165) is 10.3 Å². The molecule has 0 saturated heterocycles. The lowest BCUT2D eigenvalue weighted by Gasteiger charge is -2.30. The molecule has 0 amide bonds. The van der Waals surface area contributed by atoms with Gasteiger partial charge in [-0.3, -0.25) is 4.90 Å². The number of thiophene rings is 1. The maximum atomic E-state index is 8.87. The van der Waals surface area contributed by atoms with E-state index in [2.05, 4.69) is 33.0 Å². The predicted octanol–water partition coefficient (Wildman–Crippen LogP) is 2.99. The zero-order chi connectivity index (χ0) is 13.0. The first-order valence-electron chi connectivity index (χ1n) is 5.56. The summed E-state index contributed by atoms with van der Waals surface area (Å²) in [6, 6.07) is 6.60. The molecule has 0 saturated carbocycles. The second kappa shape index (κ2) is 6.50. The van der Waals surface area contributed by atoms with Gasteiger partial charge in [-0.1, -0.05) is 0 Å². The van der Waals surface area contributed by atoms with Crippen LogP contribution in [0.2, 0.25) is 0 Å². The van der Waals surface area contributed by atoms with Crippen LogP contribution in [-0.4, -0.2) is 24.5 Å². The summed E-state index contributed by atoms with van der Waals surface area (Å²) in [4.78, 5) is 3.40. The van der Waals surface area contributed by atoms with Gasteiger partial charge in [-0.2, -0.15) is 5.26 Å². The number of nitriles is 1. The highest BCUT2D eigenvalue weighted by molar-refractivity contribution is 9.11. The summed E-state index contributed by atoms with van der Waals surface area (Å²) in [6.45, 7) is 4.67. The van der Waals surface area contributed by atoms with E-state index in [9.17, 15) is 0 Å². The summed E-state index contributed by atoms with van der Waals surface area (Å²) >= 11 is 5.17. The maximum absolute atomic E-state index is 8.87. The fraction of sp³-hybridized carbons (Fsp3) is 0.583. The van der Waals surface area contributed by atoms with Crippen molar-refractivity contribution in [1.29, 1.82) is 5.26 Å². The Morgan fingerprint density at radius 2 is 2.18 bits per heavy atom. The van der Waals surface area contributed by atoms with E-state index in [1.807, 2.05) is 27.0 Å². The lowest BCUT2D eigenvalue weighted by molar-refractivity contribution is 0.208. The molecule has 1 rings (SSSR count). The lowest BCUT2D eigenvalue weighted by atomic mass is 10.1. The summed E-state index contributed by atoms with van der Waals surface area (Å²) < 4.78 is 1.11. The molecule has 3 unspecified atom stereocenters. The van der Waals surface area contributed by atoms with E-state index in [0.29, 0.717) is 0 Å². The Kier molecular flexibility index (Phi) is 5.60. The summed E-state index contributed by atoms with van der Waals surface area (Å²) in [5.74, 6) is 0.0182. The fourth-order valence-corrected chi connectivity index (χ4v) is 3.66. The average Bonchev–Trinajstić information content (AvgIpc) is 2.64. The van der Waals surface area contributed by atoms with Crippen LogP contribution in [0.25, 0.3) is 0 Å². The minimum absolute atomic E-state index is 0.0182. The minimum Gasteiger partial charge on any atom is -0.326 e. The van der Waals surface area contributed by atoms with E-state index < -0.39 is 0 Å². The average molecular weight is 316 g/mol. The van der Waals surface area contributed by atoms with Gasteiger partial charge < -0.3 is 5.73 Å². The normalized spacial score (nSPS) is 16.5. The van der Waals surface area contributed by atoms with Crippen molar-refractivity contribution in [2.45, 2.75) is 25.9 Å². The molecule has 3 nitrogen and oxygen atoms in total. The lowest BCUT2D eigenvalue weighted by Crippen LogP contribution is -2.38. The fourth-order valence-electron chi connectivity index (χ4n) is 1.95. The zero-order valence-electron chi connectivity index (χ0n) is 10.4. The van der Waals surface area contributed by atoms with Gasteiger partial charge in [0.1, 0.15) is 0 Å². The molecule has 2 N–H and O–H groups in total. The first-order chi connectivity index (χ1) is 7.95. The summed E-state index contributed by atoms with van der Waals surface area (Å²) in [6.07, 6.45) is 0. The topological polar surface area (TPSA) is 53.0 Å². The van der Waals surface area contributed by atoms with Crippen LogP contribution in [0.5, 0.6) is 0 Å². The second-order valence-corrected chi connectivity index (χ2v) is 6.91. The molecular weight excluding hydrogens is 298 g/mol. The highest BCUT2D eigenvalue weighted by Crippen LogP contribution is 2.32. The number of nitrogens with two attached hydrogens (primary N) is 1. The van der Waals surface area contributed by atoms with Crippen LogP contribution < -0.4 is 5.73 Å². The third kappa shape index (κ3) is 4.07. The number of halogens is 1. The Morgan fingerprint density at radius 1 is 1.53 bits per heavy atom. The Labute approximate surface area is 115 Å². The van der Waals surface area contributed by atoms with Gasteiger partial charge in [-0.05, 0) is 49.0 Å². The molecule has 0 aliphatic rings. The van der Waals surface area contributed by atoms with Crippen molar-refractivity contribution in [3.63, 3.8) is 0 Å². The van der Waals surface area contributed by atoms with Crippen molar-refractivity contribution in [3.05, 3.63) is 20.8 Å². The van der Waals surface area contributed by atoms with E-state index >= 15 is 0 Å². The van der Waals surface area contributed by atoms with Crippen molar-refractivity contribution in [2.24, 2.45) is 11.7 Å². The molecule has 3 atom stereocenters. The smallest absolute Gasteiger partial charge is 0.0702 e. The van der Waals surface area contributed by atoms with Crippen LogP contribution in [0, 0.1) is 17.2 Å². The number of nitrogens with zero attached hydrogens (tertiary/aromatic N) is 2. The van der Waals surface area contributed by atoms with Crippen molar-refractivity contribution in [2.75, 3.05) is 13.6 Å². The summed E-state index contributed by atoms with van der Waals surface area (Å²) in [5.41, 5.74) is 6.06. The molecule has 0 spiro atoms. The minimum atomic E-state index is 0.0182. The van der Waals surface area contributed by atoms with Gasteiger partial charge in [0.15, 0.2) is 0 Å². The monoisotopic (exact) mass is 315 g/mol. The highest BCUT2D eigenvalue weighted by atomic mass is 79.9. The third-order valence-electron chi connectivity index (χ3n) is 2.64. The number of rotatable bonds is 5. The maximum Gasteiger partial charge on any atom is 0.0702 e. The first-order valence-corrected chi connectivity index (χ1v) is 7.17. The highest BCUT2D eigenvalue weighted by Gasteiger charge is 2.23. The molecule has 1 aromatic rings. The predicted molar refractivity (Wildman–Crippen MR) is 75.8 cm³/mol. The molecule has 0 aromatic carbocycles. The Hall–Kier alpha value is -0.410. The molecule has 0 aliphatic heterocycles. The first kappa shape index (κ1) is 14.7. The van der Waals surface area contributed by atoms with Gasteiger partial charge in [-0.15, -0.1) is 11.3 Å². The van der Waals surface area contributed by atoms with Gasteiger partial charge in [0.25, 0.3) is 0 Å². The van der Waals surface area contributed by atoms with Crippen LogP contribution >= 0.6 is 27.3 Å². The molecular formula is C12H18BrN3S. The van der Waals surface area contributed by atoms with Crippen molar-refractivity contribution in [3.8, 4) is 6.07 Å². The van der Waals surface area contributed by atoms with Gasteiger partial charge in [0.05, 0.1) is 21.8 Å². The molecule has 94 valence electrons. The Balaban J connectivity index is 2.83. The SMILES string of the molecule is CC(C#N)CN(C)C(c1ccc(Br)s1)C(C)N. The molecule has 0 fully saturated rings. The molecule has 5 heteroatoms. The second-order valence-electron chi connectivity index (χ2n) is 4.42. The van der Waals surface area contributed by atoms with Crippen molar-refractivity contribution in [1.82, 2.24) is 4.90 Å². The molecule has 0 radical (unpaired) electrons. The molecule has 1 heterocycles. The van der Waals surface area contributed by atoms with E-state index in [4.69, 9.17) is 11.0 Å². The summed E-state index contributed by atoms with van der Waals surface area (Å²) in [7, 11) is 2.02. The number of hydrogen-bond acceptors (Lipinski definition) is 4. The van der Waals surface area contributed by atoms with Crippen LogP contribution in [0.1, 0.15) is 24.8 Å². The Morgan fingerprint density at radius 3 is 2.59 bits per heavy atom. The van der Waals surface area contributed by atoms with E-state index in [-0.39, 0.29) is 18.0 Å². The Bertz CT molecular complexity index is 397. The van der Waals surface area contributed by atoms with Gasteiger partial charge >= 0.3 is 0 Å². The van der Waals surface area contributed by atoms with Crippen LogP contribution in [-0.2, 0) is 0 Å². The quantitative estimate of drug-likeness (QED) is 0.908. The van der Waals surface area contributed by atoms with Crippen LogP contribution in [0.15, 0.2) is 15.9 Å². The third-order valence-corrected chi connectivity index (χ3v) is 4.33. The van der Waals surface area contributed by atoms with Crippen molar-refractivity contribution < 1.29 is 0 Å². The number of hydrogen-bond donors (Lipinski definition) is 1. The zero-order valence-corrected chi connectivity index (χ0v) is 12.8. The van der Waals surface area contributed by atoms with E-state index in [1.165, 1.54) is 4.88 Å². The van der Waals surface area contributed by atoms with Gasteiger partial charge in [0.2, 0.25) is 0 Å². The molecule has 17 heavy (non-hydrogen) atoms.